The van der Waals surface area contributed by atoms with E-state index in [-0.39, 0.29) is 24.0 Å². The molecule has 258 valence electrons. The minimum Gasteiger partial charge on any atom is -0.493 e. The van der Waals surface area contributed by atoms with E-state index in [2.05, 4.69) is 57.8 Å². The summed E-state index contributed by atoms with van der Waals surface area (Å²) in [6, 6.07) is 10.1. The van der Waals surface area contributed by atoms with Crippen molar-refractivity contribution in [1.82, 2.24) is 10.2 Å². The fraction of sp³-hybridized carbons (Fsp3) is 0.600. The first kappa shape index (κ1) is 36.5. The predicted octanol–water partition coefficient (Wildman–Crippen LogP) is 8.66. The number of amides is 1. The Bertz CT molecular complexity index is 1350. The topological polar surface area (TPSA) is 77.1 Å². The number of benzene rings is 2. The Morgan fingerprint density at radius 2 is 1.57 bits per heavy atom. The van der Waals surface area contributed by atoms with E-state index >= 15 is 0 Å². The summed E-state index contributed by atoms with van der Waals surface area (Å²) in [6.45, 7) is 17.7. The maximum absolute atomic E-state index is 14.0. The van der Waals surface area contributed by atoms with Gasteiger partial charge in [0, 0.05) is 24.7 Å². The summed E-state index contributed by atoms with van der Waals surface area (Å²) in [4.78, 5) is 28.8. The maximum Gasteiger partial charge on any atom is 0.323 e. The van der Waals surface area contributed by atoms with Crippen molar-refractivity contribution >= 4 is 17.4 Å². The fourth-order valence-electron chi connectivity index (χ4n) is 6.43. The first-order valence-electron chi connectivity index (χ1n) is 18.1. The average Bonchev–Trinajstić information content (AvgIpc) is 3.72. The highest BCUT2D eigenvalue weighted by molar-refractivity contribution is 5.98. The number of nitrogens with one attached hydrogen (secondary N) is 1. The van der Waals surface area contributed by atoms with Crippen molar-refractivity contribution in [3.63, 3.8) is 0 Å². The van der Waals surface area contributed by atoms with E-state index in [1.807, 2.05) is 24.0 Å². The van der Waals surface area contributed by atoms with Gasteiger partial charge in [0.1, 0.15) is 23.6 Å². The van der Waals surface area contributed by atoms with E-state index in [1.54, 1.807) is 0 Å². The van der Waals surface area contributed by atoms with Crippen LogP contribution in [0.4, 0.5) is 0 Å². The van der Waals surface area contributed by atoms with Gasteiger partial charge in [-0.3, -0.25) is 9.59 Å². The number of carbonyl (C=O) groups excluding carboxylic acids is 2. The van der Waals surface area contributed by atoms with Gasteiger partial charge >= 0.3 is 5.97 Å². The highest BCUT2D eigenvalue weighted by Crippen LogP contribution is 2.36. The minimum absolute atomic E-state index is 0.0401. The molecule has 0 unspecified atom stereocenters. The van der Waals surface area contributed by atoms with Crippen LogP contribution >= 0.6 is 0 Å². The molecule has 47 heavy (non-hydrogen) atoms. The Morgan fingerprint density at radius 1 is 0.915 bits per heavy atom. The van der Waals surface area contributed by atoms with Crippen LogP contribution in [0.2, 0.25) is 0 Å². The van der Waals surface area contributed by atoms with Crippen molar-refractivity contribution in [2.24, 2.45) is 5.92 Å². The third-order valence-corrected chi connectivity index (χ3v) is 9.17. The molecule has 2 aromatic carbocycles. The minimum atomic E-state index is -0.256. The highest BCUT2D eigenvalue weighted by atomic mass is 16.5. The molecular formula is C40H58N2O5. The Labute approximate surface area is 283 Å². The normalized spacial score (nSPS) is 15.1. The number of ether oxygens (including phenoxy) is 3. The molecule has 1 amide bonds. The number of esters is 1. The van der Waals surface area contributed by atoms with Crippen molar-refractivity contribution in [2.75, 3.05) is 19.8 Å². The molecule has 0 saturated heterocycles. The molecule has 1 N–H and O–H groups in total. The summed E-state index contributed by atoms with van der Waals surface area (Å²) in [7, 11) is 0. The van der Waals surface area contributed by atoms with Gasteiger partial charge in [-0.15, -0.1) is 0 Å². The van der Waals surface area contributed by atoms with Gasteiger partial charge in [-0.05, 0) is 106 Å². The number of hydrogen-bond donors (Lipinski definition) is 1. The lowest BCUT2D eigenvalue weighted by Crippen LogP contribution is -2.41. The summed E-state index contributed by atoms with van der Waals surface area (Å²) in [5.41, 5.74) is 5.88. The number of hydrogen-bond acceptors (Lipinski definition) is 6. The Balaban J connectivity index is 1.39. The molecule has 1 saturated carbocycles. The summed E-state index contributed by atoms with van der Waals surface area (Å²) in [5.74, 6) is 1.57. The standard InChI is InChI=1S/C40H58N2O5/c1-7-9-20-45-37-25-38(46-21-10-8-2)35(24-34(37)29(5)6)39(43)42-26-31-18-17-30(23-32(31)27-42)14-13-19-41-36(22-28(3)4)40(44)47-33-15-11-12-16-33/h17-18,23-25,28,33,36,41H,5,7-16,19-22,26-27H2,1-4,6H3/t36-/m0/s1. The van der Waals surface area contributed by atoms with Crippen LogP contribution in [0.3, 0.4) is 0 Å². The van der Waals surface area contributed by atoms with Crippen molar-refractivity contribution in [1.29, 1.82) is 0 Å². The summed E-state index contributed by atoms with van der Waals surface area (Å²) in [5, 5.41) is 3.49. The third kappa shape index (κ3) is 10.6. The summed E-state index contributed by atoms with van der Waals surface area (Å²) in [6.07, 6.45) is 10.9. The maximum atomic E-state index is 14.0. The first-order valence-corrected chi connectivity index (χ1v) is 18.1. The van der Waals surface area contributed by atoms with Crippen molar-refractivity contribution in [2.45, 2.75) is 130 Å². The fourth-order valence-corrected chi connectivity index (χ4v) is 6.43. The molecule has 1 atom stereocenters. The number of rotatable bonds is 19. The number of nitrogens with zero attached hydrogens (tertiary/aromatic N) is 1. The Hall–Kier alpha value is -3.32. The van der Waals surface area contributed by atoms with Crippen LogP contribution in [0.5, 0.6) is 11.5 Å². The lowest BCUT2D eigenvalue weighted by molar-refractivity contribution is -0.151. The first-order chi connectivity index (χ1) is 22.7. The molecule has 1 aliphatic carbocycles. The van der Waals surface area contributed by atoms with Crippen LogP contribution in [0.15, 0.2) is 36.9 Å². The molecule has 1 heterocycles. The van der Waals surface area contributed by atoms with Gasteiger partial charge in [-0.25, -0.2) is 0 Å². The Kier molecular flexibility index (Phi) is 14.2. The second-order valence-electron chi connectivity index (χ2n) is 13.9. The molecule has 1 aliphatic heterocycles. The zero-order valence-electron chi connectivity index (χ0n) is 29.6. The Morgan fingerprint density at radius 3 is 2.21 bits per heavy atom. The van der Waals surface area contributed by atoms with E-state index in [9.17, 15) is 9.59 Å². The van der Waals surface area contributed by atoms with Crippen molar-refractivity contribution < 1.29 is 23.8 Å². The predicted molar refractivity (Wildman–Crippen MR) is 190 cm³/mol. The number of unbranched alkanes of at least 4 members (excludes halogenated alkanes) is 2. The zero-order chi connectivity index (χ0) is 33.8. The molecule has 4 rings (SSSR count). The molecule has 0 aromatic heterocycles. The smallest absolute Gasteiger partial charge is 0.323 e. The van der Waals surface area contributed by atoms with Crippen molar-refractivity contribution in [3.8, 4) is 11.5 Å². The van der Waals surface area contributed by atoms with E-state index in [4.69, 9.17) is 14.2 Å². The number of allylic oxidation sites excluding steroid dienone is 1. The highest BCUT2D eigenvalue weighted by Gasteiger charge is 2.29. The molecule has 7 heteroatoms. The summed E-state index contributed by atoms with van der Waals surface area (Å²) >= 11 is 0. The van der Waals surface area contributed by atoms with Gasteiger partial charge in [0.15, 0.2) is 0 Å². The average molecular weight is 647 g/mol. The molecule has 0 radical (unpaired) electrons. The van der Waals surface area contributed by atoms with Crippen LogP contribution in [0.25, 0.3) is 5.57 Å². The monoisotopic (exact) mass is 646 g/mol. The third-order valence-electron chi connectivity index (χ3n) is 9.17. The molecule has 0 bridgehead atoms. The van der Waals surface area contributed by atoms with Crippen LogP contribution in [0, 0.1) is 5.92 Å². The zero-order valence-corrected chi connectivity index (χ0v) is 29.6. The van der Waals surface area contributed by atoms with Crippen LogP contribution < -0.4 is 14.8 Å². The van der Waals surface area contributed by atoms with Gasteiger partial charge in [0.2, 0.25) is 0 Å². The van der Waals surface area contributed by atoms with E-state index in [0.29, 0.717) is 43.5 Å². The lowest BCUT2D eigenvalue weighted by atomic mass is 10.0. The lowest BCUT2D eigenvalue weighted by Gasteiger charge is -2.21. The van der Waals surface area contributed by atoms with Gasteiger partial charge in [-0.1, -0.05) is 65.3 Å². The second-order valence-corrected chi connectivity index (χ2v) is 13.9. The molecule has 7 nitrogen and oxygen atoms in total. The molecule has 2 aromatic rings. The van der Waals surface area contributed by atoms with Crippen molar-refractivity contribution in [3.05, 3.63) is 64.7 Å². The molecule has 0 spiro atoms. The van der Waals surface area contributed by atoms with Gasteiger partial charge in [0.05, 0.1) is 18.8 Å². The number of fused-ring (bicyclic) bond motifs is 1. The van der Waals surface area contributed by atoms with Gasteiger partial charge < -0.3 is 24.4 Å². The van der Waals surface area contributed by atoms with E-state index < -0.39 is 0 Å². The molecule has 2 aliphatic rings. The molecule has 1 fully saturated rings. The second kappa shape index (κ2) is 18.3. The van der Waals surface area contributed by atoms with Crippen LogP contribution in [-0.4, -0.2) is 48.7 Å². The number of carbonyl (C=O) groups is 2. The quantitative estimate of drug-likeness (QED) is 0.122. The molecular weight excluding hydrogens is 588 g/mol. The van der Waals surface area contributed by atoms with Gasteiger partial charge in [0.25, 0.3) is 5.91 Å². The number of aryl methyl sites for hydroxylation is 1. The van der Waals surface area contributed by atoms with Crippen LogP contribution in [-0.2, 0) is 29.0 Å². The van der Waals surface area contributed by atoms with E-state index in [1.165, 1.54) is 16.7 Å². The summed E-state index contributed by atoms with van der Waals surface area (Å²) < 4.78 is 18.1. The SMILES string of the molecule is C=C(C)c1cc(C(=O)N2Cc3ccc(CCCN[C@@H](CC(C)C)C(=O)OC4CCCC4)cc3C2)c(OCCCC)cc1OCCCC. The van der Waals surface area contributed by atoms with Crippen LogP contribution in [0.1, 0.15) is 131 Å². The van der Waals surface area contributed by atoms with Gasteiger partial charge in [-0.2, -0.15) is 0 Å². The largest absolute Gasteiger partial charge is 0.493 e. The van der Waals surface area contributed by atoms with E-state index in [0.717, 1.165) is 94.1 Å².